The maximum atomic E-state index is 4.56. The Morgan fingerprint density at radius 2 is 2.13 bits per heavy atom. The fourth-order valence-electron chi connectivity index (χ4n) is 1.41. The van der Waals surface area contributed by atoms with Crippen LogP contribution >= 0.6 is 0 Å². The molecule has 0 spiro atoms. The van der Waals surface area contributed by atoms with Crippen LogP contribution in [0.1, 0.15) is 51.0 Å². The molecule has 0 bridgehead atoms. The van der Waals surface area contributed by atoms with Crippen LogP contribution in [-0.4, -0.2) is 15.5 Å². The molecule has 1 aromatic rings. The Morgan fingerprint density at radius 1 is 1.40 bits per heavy atom. The monoisotopic (exact) mass is 205 g/mol. The average molecular weight is 205 g/mol. The average Bonchev–Trinajstić information content (AvgIpc) is 2.97. The third-order valence-corrected chi connectivity index (χ3v) is 2.47. The molecule has 1 saturated carbocycles. The van der Waals surface area contributed by atoms with Gasteiger partial charge in [0.15, 0.2) is 0 Å². The Bertz CT molecular complexity index is 337. The molecule has 2 rings (SSSR count). The maximum Gasteiger partial charge on any atom is 0.131 e. The van der Waals surface area contributed by atoms with Crippen LogP contribution in [0.15, 0.2) is 12.3 Å². The van der Waals surface area contributed by atoms with Crippen LogP contribution in [-0.2, 0) is 6.54 Å². The summed E-state index contributed by atoms with van der Waals surface area (Å²) in [6.45, 7) is 7.31. The minimum Gasteiger partial charge on any atom is -0.306 e. The van der Waals surface area contributed by atoms with Gasteiger partial charge in [-0.05, 0) is 39.7 Å². The predicted octanol–water partition coefficient (Wildman–Crippen LogP) is 2.24. The minimum absolute atomic E-state index is 0.144. The second kappa shape index (κ2) is 3.89. The largest absolute Gasteiger partial charge is 0.306 e. The minimum atomic E-state index is 0.144. The zero-order valence-corrected chi connectivity index (χ0v) is 9.75. The molecule has 1 aromatic heterocycles. The zero-order valence-electron chi connectivity index (χ0n) is 9.75. The van der Waals surface area contributed by atoms with E-state index in [-0.39, 0.29) is 5.54 Å². The van der Waals surface area contributed by atoms with E-state index in [1.165, 1.54) is 12.8 Å². The standard InChI is InChI=1S/C12H19N3/c1-12(2,3)14-8-10-6-7-13-11(15-10)9-4-5-9/h6-7,9,14H,4-5,8H2,1-3H3. The molecule has 0 saturated heterocycles. The van der Waals surface area contributed by atoms with Gasteiger partial charge in [-0.2, -0.15) is 0 Å². The highest BCUT2D eigenvalue weighted by Gasteiger charge is 2.26. The third-order valence-electron chi connectivity index (χ3n) is 2.47. The van der Waals surface area contributed by atoms with Gasteiger partial charge in [0.1, 0.15) is 5.82 Å². The van der Waals surface area contributed by atoms with E-state index in [9.17, 15) is 0 Å². The van der Waals surface area contributed by atoms with E-state index in [4.69, 9.17) is 0 Å². The van der Waals surface area contributed by atoms with E-state index in [1.54, 1.807) is 0 Å². The number of rotatable bonds is 3. The molecule has 3 nitrogen and oxygen atoms in total. The number of hydrogen-bond donors (Lipinski definition) is 1. The van der Waals surface area contributed by atoms with Crippen LogP contribution in [0.5, 0.6) is 0 Å². The topological polar surface area (TPSA) is 37.8 Å². The van der Waals surface area contributed by atoms with Gasteiger partial charge in [-0.1, -0.05) is 0 Å². The number of hydrogen-bond acceptors (Lipinski definition) is 3. The molecule has 0 amide bonds. The molecule has 0 aromatic carbocycles. The van der Waals surface area contributed by atoms with Gasteiger partial charge in [0, 0.05) is 24.2 Å². The quantitative estimate of drug-likeness (QED) is 0.822. The SMILES string of the molecule is CC(C)(C)NCc1ccnc(C2CC2)n1. The summed E-state index contributed by atoms with van der Waals surface area (Å²) in [7, 11) is 0. The molecule has 1 N–H and O–H groups in total. The van der Waals surface area contributed by atoms with E-state index >= 15 is 0 Å². The molecule has 3 heteroatoms. The molecule has 82 valence electrons. The highest BCUT2D eigenvalue weighted by Crippen LogP contribution is 2.37. The molecule has 1 aliphatic rings. The number of aromatic nitrogens is 2. The lowest BCUT2D eigenvalue weighted by atomic mass is 10.1. The molecular formula is C12H19N3. The second-order valence-electron chi connectivity index (χ2n) is 5.28. The Balaban J connectivity index is 1.99. The van der Waals surface area contributed by atoms with Crippen LogP contribution in [0.3, 0.4) is 0 Å². The van der Waals surface area contributed by atoms with Crippen molar-refractivity contribution in [3.63, 3.8) is 0 Å². The number of nitrogens with zero attached hydrogens (tertiary/aromatic N) is 2. The molecule has 0 atom stereocenters. The summed E-state index contributed by atoms with van der Waals surface area (Å²) in [4.78, 5) is 8.87. The van der Waals surface area contributed by atoms with Crippen molar-refractivity contribution in [2.75, 3.05) is 0 Å². The highest BCUT2D eigenvalue weighted by atomic mass is 15.0. The fraction of sp³-hybridized carbons (Fsp3) is 0.667. The number of nitrogens with one attached hydrogen (secondary N) is 1. The van der Waals surface area contributed by atoms with Crippen molar-refractivity contribution in [2.24, 2.45) is 0 Å². The van der Waals surface area contributed by atoms with E-state index in [0.29, 0.717) is 5.92 Å². The molecular weight excluding hydrogens is 186 g/mol. The van der Waals surface area contributed by atoms with Crippen molar-refractivity contribution >= 4 is 0 Å². The van der Waals surface area contributed by atoms with Crippen molar-refractivity contribution in [3.05, 3.63) is 23.8 Å². The third kappa shape index (κ3) is 3.27. The van der Waals surface area contributed by atoms with Gasteiger partial charge in [-0.15, -0.1) is 0 Å². The highest BCUT2D eigenvalue weighted by molar-refractivity contribution is 5.10. The molecule has 1 aliphatic carbocycles. The van der Waals surface area contributed by atoms with Gasteiger partial charge in [0.05, 0.1) is 5.69 Å². The second-order valence-corrected chi connectivity index (χ2v) is 5.28. The zero-order chi connectivity index (χ0) is 10.9. The summed E-state index contributed by atoms with van der Waals surface area (Å²) in [6, 6.07) is 1.99. The summed E-state index contributed by atoms with van der Waals surface area (Å²) in [5.74, 6) is 1.67. The Kier molecular flexibility index (Phi) is 2.74. The van der Waals surface area contributed by atoms with Crippen molar-refractivity contribution < 1.29 is 0 Å². The molecule has 0 aliphatic heterocycles. The molecule has 15 heavy (non-hydrogen) atoms. The Hall–Kier alpha value is -0.960. The smallest absolute Gasteiger partial charge is 0.131 e. The Labute approximate surface area is 91.3 Å². The van der Waals surface area contributed by atoms with Crippen LogP contribution in [0.25, 0.3) is 0 Å². The summed E-state index contributed by atoms with van der Waals surface area (Å²) < 4.78 is 0. The van der Waals surface area contributed by atoms with E-state index in [2.05, 4.69) is 36.1 Å². The summed E-state index contributed by atoms with van der Waals surface area (Å²) >= 11 is 0. The van der Waals surface area contributed by atoms with Gasteiger partial charge < -0.3 is 5.32 Å². The van der Waals surface area contributed by atoms with Gasteiger partial charge in [0.2, 0.25) is 0 Å². The summed E-state index contributed by atoms with van der Waals surface area (Å²) in [5, 5.41) is 3.43. The van der Waals surface area contributed by atoms with Crippen LogP contribution in [0.2, 0.25) is 0 Å². The first kappa shape index (κ1) is 10.6. The molecule has 1 heterocycles. The first-order chi connectivity index (χ1) is 7.04. The van der Waals surface area contributed by atoms with Crippen LogP contribution in [0, 0.1) is 0 Å². The van der Waals surface area contributed by atoms with Gasteiger partial charge >= 0.3 is 0 Å². The summed E-state index contributed by atoms with van der Waals surface area (Å²) in [5.41, 5.74) is 1.24. The van der Waals surface area contributed by atoms with Gasteiger partial charge in [-0.3, -0.25) is 0 Å². The van der Waals surface area contributed by atoms with E-state index in [1.807, 2.05) is 12.3 Å². The van der Waals surface area contributed by atoms with Crippen LogP contribution in [0.4, 0.5) is 0 Å². The van der Waals surface area contributed by atoms with Crippen molar-refractivity contribution in [1.82, 2.24) is 15.3 Å². The fourth-order valence-corrected chi connectivity index (χ4v) is 1.41. The van der Waals surface area contributed by atoms with Gasteiger partial charge in [0.25, 0.3) is 0 Å². The van der Waals surface area contributed by atoms with Gasteiger partial charge in [-0.25, -0.2) is 9.97 Å². The lowest BCUT2D eigenvalue weighted by Gasteiger charge is -2.20. The van der Waals surface area contributed by atoms with Crippen molar-refractivity contribution in [1.29, 1.82) is 0 Å². The van der Waals surface area contributed by atoms with Crippen molar-refractivity contribution in [3.8, 4) is 0 Å². The first-order valence-corrected chi connectivity index (χ1v) is 5.61. The van der Waals surface area contributed by atoms with Crippen LogP contribution < -0.4 is 5.32 Å². The Morgan fingerprint density at radius 3 is 2.73 bits per heavy atom. The lowest BCUT2D eigenvalue weighted by molar-refractivity contribution is 0.420. The lowest BCUT2D eigenvalue weighted by Crippen LogP contribution is -2.35. The van der Waals surface area contributed by atoms with E-state index in [0.717, 1.165) is 18.1 Å². The molecule has 1 fully saturated rings. The maximum absolute atomic E-state index is 4.56. The van der Waals surface area contributed by atoms with E-state index < -0.39 is 0 Å². The van der Waals surface area contributed by atoms with Crippen molar-refractivity contribution in [2.45, 2.75) is 51.6 Å². The normalized spacial score (nSPS) is 16.7. The first-order valence-electron chi connectivity index (χ1n) is 5.61. The summed E-state index contributed by atoms with van der Waals surface area (Å²) in [6.07, 6.45) is 4.40. The molecule has 0 unspecified atom stereocenters. The molecule has 0 radical (unpaired) electrons. The predicted molar refractivity (Wildman–Crippen MR) is 60.6 cm³/mol.